The molecule has 1 aromatic heterocycles. The van der Waals surface area contributed by atoms with E-state index in [0.717, 1.165) is 17.0 Å². The minimum Gasteiger partial charge on any atom is -0.496 e. The highest BCUT2D eigenvalue weighted by Gasteiger charge is 2.17. The highest BCUT2D eigenvalue weighted by atomic mass is 16.5. The van der Waals surface area contributed by atoms with Crippen LogP contribution in [0.4, 0.5) is 0 Å². The number of hydrogen-bond acceptors (Lipinski definition) is 5. The average molecular weight is 244 g/mol. The number of hydrazine groups is 1. The Bertz CT molecular complexity index is 530. The molecule has 0 aliphatic heterocycles. The van der Waals surface area contributed by atoms with Gasteiger partial charge in [-0.1, -0.05) is 18.2 Å². The van der Waals surface area contributed by atoms with E-state index in [-0.39, 0.29) is 6.04 Å². The third-order valence-corrected chi connectivity index (χ3v) is 2.71. The molecular formula is C13H16N4O. The average Bonchev–Trinajstić information content (AvgIpc) is 2.40. The highest BCUT2D eigenvalue weighted by Crippen LogP contribution is 2.28. The van der Waals surface area contributed by atoms with Gasteiger partial charge in [-0.25, -0.2) is 15.4 Å². The third-order valence-electron chi connectivity index (χ3n) is 2.71. The summed E-state index contributed by atoms with van der Waals surface area (Å²) in [6, 6.07) is 9.33. The Morgan fingerprint density at radius 2 is 2.06 bits per heavy atom. The van der Waals surface area contributed by atoms with Gasteiger partial charge < -0.3 is 4.74 Å². The van der Waals surface area contributed by atoms with Gasteiger partial charge in [0.25, 0.3) is 0 Å². The summed E-state index contributed by atoms with van der Waals surface area (Å²) in [5.74, 6) is 7.13. The van der Waals surface area contributed by atoms with Gasteiger partial charge in [0.15, 0.2) is 0 Å². The van der Waals surface area contributed by atoms with Crippen molar-refractivity contribution in [2.75, 3.05) is 7.11 Å². The van der Waals surface area contributed by atoms with Crippen LogP contribution in [0, 0.1) is 6.92 Å². The number of hydrogen-bond donors (Lipinski definition) is 2. The van der Waals surface area contributed by atoms with Crippen LogP contribution in [0.3, 0.4) is 0 Å². The molecule has 5 heteroatoms. The molecule has 0 aliphatic rings. The fourth-order valence-corrected chi connectivity index (χ4v) is 1.87. The second-order valence-corrected chi connectivity index (χ2v) is 3.87. The monoisotopic (exact) mass is 244 g/mol. The Hall–Kier alpha value is -1.98. The van der Waals surface area contributed by atoms with Crippen LogP contribution in [0.25, 0.3) is 0 Å². The van der Waals surface area contributed by atoms with E-state index in [1.54, 1.807) is 13.3 Å². The first-order chi connectivity index (χ1) is 8.76. The van der Waals surface area contributed by atoms with Gasteiger partial charge in [-0.05, 0) is 19.1 Å². The molecule has 0 saturated carbocycles. The van der Waals surface area contributed by atoms with E-state index in [9.17, 15) is 0 Å². The van der Waals surface area contributed by atoms with Crippen LogP contribution in [0.2, 0.25) is 0 Å². The van der Waals surface area contributed by atoms with Crippen molar-refractivity contribution in [3.63, 3.8) is 0 Å². The lowest BCUT2D eigenvalue weighted by Gasteiger charge is -2.18. The van der Waals surface area contributed by atoms with Crippen LogP contribution in [0.5, 0.6) is 5.75 Å². The van der Waals surface area contributed by atoms with Crippen molar-refractivity contribution in [1.29, 1.82) is 0 Å². The topological polar surface area (TPSA) is 73.1 Å². The van der Waals surface area contributed by atoms with E-state index in [4.69, 9.17) is 10.6 Å². The van der Waals surface area contributed by atoms with Crippen LogP contribution in [0.1, 0.15) is 23.1 Å². The predicted octanol–water partition coefficient (Wildman–Crippen LogP) is 1.35. The molecule has 0 spiro atoms. The number of nitrogens with two attached hydrogens (primary N) is 1. The molecule has 0 radical (unpaired) electrons. The zero-order chi connectivity index (χ0) is 13.0. The van der Waals surface area contributed by atoms with Gasteiger partial charge in [-0.15, -0.1) is 0 Å². The van der Waals surface area contributed by atoms with Gasteiger partial charge in [0, 0.05) is 11.8 Å². The summed E-state index contributed by atoms with van der Waals surface area (Å²) < 4.78 is 5.34. The molecule has 1 aromatic carbocycles. The lowest BCUT2D eigenvalue weighted by molar-refractivity contribution is 0.403. The maximum Gasteiger partial charge on any atom is 0.125 e. The number of nitrogens with one attached hydrogen (secondary N) is 1. The standard InChI is InChI=1S/C13H16N4O/c1-9-15-8-7-11(16-9)13(17-14)10-5-3-4-6-12(10)18-2/h3-8,13,17H,14H2,1-2H3. The van der Waals surface area contributed by atoms with E-state index >= 15 is 0 Å². The number of para-hydroxylation sites is 1. The molecule has 0 aliphatic carbocycles. The van der Waals surface area contributed by atoms with Crippen molar-refractivity contribution >= 4 is 0 Å². The smallest absolute Gasteiger partial charge is 0.125 e. The normalized spacial score (nSPS) is 12.2. The van der Waals surface area contributed by atoms with E-state index in [1.807, 2.05) is 37.3 Å². The van der Waals surface area contributed by atoms with Crippen molar-refractivity contribution in [3.8, 4) is 5.75 Å². The quantitative estimate of drug-likeness (QED) is 0.627. The zero-order valence-electron chi connectivity index (χ0n) is 10.4. The van der Waals surface area contributed by atoms with Crippen molar-refractivity contribution in [2.45, 2.75) is 13.0 Å². The molecule has 2 aromatic rings. The van der Waals surface area contributed by atoms with Crippen molar-refractivity contribution < 1.29 is 4.74 Å². The summed E-state index contributed by atoms with van der Waals surface area (Å²) in [4.78, 5) is 8.47. The van der Waals surface area contributed by atoms with Crippen molar-refractivity contribution in [3.05, 3.63) is 53.6 Å². The molecule has 94 valence electrons. The largest absolute Gasteiger partial charge is 0.496 e. The van der Waals surface area contributed by atoms with Gasteiger partial charge >= 0.3 is 0 Å². The Morgan fingerprint density at radius 3 is 2.72 bits per heavy atom. The minimum absolute atomic E-state index is 0.220. The number of nitrogens with zero attached hydrogens (tertiary/aromatic N) is 2. The predicted molar refractivity (Wildman–Crippen MR) is 68.9 cm³/mol. The number of ether oxygens (including phenoxy) is 1. The maximum absolute atomic E-state index is 5.64. The Labute approximate surface area is 106 Å². The number of rotatable bonds is 4. The second kappa shape index (κ2) is 5.57. The van der Waals surface area contributed by atoms with Crippen molar-refractivity contribution in [1.82, 2.24) is 15.4 Å². The van der Waals surface area contributed by atoms with E-state index in [0.29, 0.717) is 5.82 Å². The molecule has 18 heavy (non-hydrogen) atoms. The molecule has 0 fully saturated rings. The Balaban J connectivity index is 2.45. The first-order valence-corrected chi connectivity index (χ1v) is 5.65. The molecule has 1 unspecified atom stereocenters. The fourth-order valence-electron chi connectivity index (χ4n) is 1.87. The van der Waals surface area contributed by atoms with E-state index in [1.165, 1.54) is 0 Å². The lowest BCUT2D eigenvalue weighted by Crippen LogP contribution is -2.30. The Morgan fingerprint density at radius 1 is 1.28 bits per heavy atom. The van der Waals surface area contributed by atoms with Crippen LogP contribution >= 0.6 is 0 Å². The summed E-state index contributed by atoms with van der Waals surface area (Å²) in [6.45, 7) is 1.85. The number of benzene rings is 1. The first kappa shape index (κ1) is 12.5. The maximum atomic E-state index is 5.64. The molecular weight excluding hydrogens is 228 g/mol. The molecule has 0 saturated heterocycles. The number of aryl methyl sites for hydroxylation is 1. The summed E-state index contributed by atoms with van der Waals surface area (Å²) in [7, 11) is 1.64. The SMILES string of the molecule is COc1ccccc1C(NN)c1ccnc(C)n1. The number of methoxy groups -OCH3 is 1. The molecule has 0 amide bonds. The van der Waals surface area contributed by atoms with Gasteiger partial charge in [-0.2, -0.15) is 0 Å². The molecule has 3 N–H and O–H groups in total. The van der Waals surface area contributed by atoms with E-state index < -0.39 is 0 Å². The van der Waals surface area contributed by atoms with Crippen LogP contribution in [-0.2, 0) is 0 Å². The first-order valence-electron chi connectivity index (χ1n) is 5.65. The minimum atomic E-state index is -0.220. The summed E-state index contributed by atoms with van der Waals surface area (Å²) >= 11 is 0. The van der Waals surface area contributed by atoms with Crippen LogP contribution in [0.15, 0.2) is 36.5 Å². The molecule has 2 rings (SSSR count). The summed E-state index contributed by atoms with van der Waals surface area (Å²) in [5, 5.41) is 0. The third kappa shape index (κ3) is 2.47. The van der Waals surface area contributed by atoms with Crippen molar-refractivity contribution in [2.24, 2.45) is 5.84 Å². The molecule has 1 atom stereocenters. The lowest BCUT2D eigenvalue weighted by atomic mass is 10.0. The van der Waals surface area contributed by atoms with Crippen LogP contribution in [-0.4, -0.2) is 17.1 Å². The zero-order valence-corrected chi connectivity index (χ0v) is 10.4. The van der Waals surface area contributed by atoms with Gasteiger partial charge in [-0.3, -0.25) is 5.84 Å². The molecule has 5 nitrogen and oxygen atoms in total. The molecule has 1 heterocycles. The Kier molecular flexibility index (Phi) is 3.86. The second-order valence-electron chi connectivity index (χ2n) is 3.87. The van der Waals surface area contributed by atoms with Gasteiger partial charge in [0.05, 0.1) is 18.8 Å². The van der Waals surface area contributed by atoms with Crippen LogP contribution < -0.4 is 16.0 Å². The van der Waals surface area contributed by atoms with E-state index in [2.05, 4.69) is 15.4 Å². The fraction of sp³-hybridized carbons (Fsp3) is 0.231. The summed E-state index contributed by atoms with van der Waals surface area (Å²) in [5.41, 5.74) is 4.53. The molecule has 0 bridgehead atoms. The van der Waals surface area contributed by atoms with Gasteiger partial charge in [0.2, 0.25) is 0 Å². The highest BCUT2D eigenvalue weighted by molar-refractivity contribution is 5.39. The van der Waals surface area contributed by atoms with Gasteiger partial charge in [0.1, 0.15) is 11.6 Å². The summed E-state index contributed by atoms with van der Waals surface area (Å²) in [6.07, 6.45) is 1.72. The number of aromatic nitrogens is 2.